The van der Waals surface area contributed by atoms with Crippen molar-refractivity contribution in [2.75, 3.05) is 0 Å². The van der Waals surface area contributed by atoms with Crippen LogP contribution < -0.4 is 0 Å². The fraction of sp³-hybridized carbons (Fsp3) is 0.882. The summed E-state index contributed by atoms with van der Waals surface area (Å²) in [6.07, 6.45) is 14.0. The average Bonchev–Trinajstić information content (AvgIpc) is 2.38. The fourth-order valence-electron chi connectivity index (χ4n) is 1.66. The summed E-state index contributed by atoms with van der Waals surface area (Å²) < 4.78 is 5.04. The molecule has 0 aliphatic rings. The van der Waals surface area contributed by atoms with Gasteiger partial charge in [-0.3, -0.25) is 0 Å². The second kappa shape index (κ2) is 15.0. The van der Waals surface area contributed by atoms with Gasteiger partial charge < -0.3 is 0 Å². The molecule has 0 aromatic carbocycles. The van der Waals surface area contributed by atoms with Crippen molar-refractivity contribution in [3.8, 4) is 12.0 Å². The minimum atomic E-state index is -1.10. The molecule has 0 aromatic rings. The Labute approximate surface area is 131 Å². The molecule has 0 fully saturated rings. The third-order valence-electron chi connectivity index (χ3n) is 3.08. The van der Waals surface area contributed by atoms with E-state index < -0.39 is 27.8 Å². The molecule has 113 valence electrons. The van der Waals surface area contributed by atoms with E-state index in [1.165, 1.54) is 38.5 Å². The zero-order valence-electron chi connectivity index (χ0n) is 14.4. The standard InChI is InChI=1S/C5H10Si.3C4H9.Sn/c1-5-6(2,3)4;3*1-3-4-2;/h1H,2-4H3;3*1,3-4H2,2H3;. The maximum absolute atomic E-state index is 5.12. The summed E-state index contributed by atoms with van der Waals surface area (Å²) in [5.74, 6) is 0. The number of hydrogen-bond donors (Lipinski definition) is 0. The third-order valence-corrected chi connectivity index (χ3v) is 13.0. The van der Waals surface area contributed by atoms with Gasteiger partial charge in [0.1, 0.15) is 8.07 Å². The Kier molecular flexibility index (Phi) is 17.2. The summed E-state index contributed by atoms with van der Waals surface area (Å²) in [6, 6.07) is 0. The van der Waals surface area contributed by atoms with E-state index in [0.717, 1.165) is 0 Å². The van der Waals surface area contributed by atoms with Crippen LogP contribution in [-0.2, 0) is 0 Å². The van der Waals surface area contributed by atoms with Crippen LogP contribution in [0.3, 0.4) is 0 Å². The Morgan fingerprint density at radius 1 is 0.789 bits per heavy atom. The molecule has 0 aromatic heterocycles. The van der Waals surface area contributed by atoms with Gasteiger partial charge in [-0.25, -0.2) is 0 Å². The van der Waals surface area contributed by atoms with Crippen LogP contribution in [0.25, 0.3) is 0 Å². The zero-order valence-corrected chi connectivity index (χ0v) is 18.3. The van der Waals surface area contributed by atoms with Crippen molar-refractivity contribution in [2.45, 2.75) is 92.2 Å². The van der Waals surface area contributed by atoms with Crippen LogP contribution >= 0.6 is 0 Å². The molecular formula is C17H37SiSn. The molecule has 0 unspecified atom stereocenters. The van der Waals surface area contributed by atoms with Gasteiger partial charge in [0, 0.05) is 0 Å². The number of hydrogen-bond acceptors (Lipinski definition) is 0. The Bertz CT molecular complexity index is 193. The molecule has 1 radical (unpaired) electrons. The van der Waals surface area contributed by atoms with Crippen LogP contribution in [0, 0.1) is 12.0 Å². The summed E-state index contributed by atoms with van der Waals surface area (Å²) in [6.45, 7) is 13.4. The number of rotatable bonds is 9. The van der Waals surface area contributed by atoms with Gasteiger partial charge in [0.05, 0.1) is 0 Å². The van der Waals surface area contributed by atoms with Crippen LogP contribution in [0.2, 0.25) is 33.0 Å². The topological polar surface area (TPSA) is 0 Å². The molecule has 0 atom stereocenters. The van der Waals surface area contributed by atoms with Gasteiger partial charge in [0.25, 0.3) is 0 Å². The molecule has 0 nitrogen and oxygen atoms in total. The van der Waals surface area contributed by atoms with Gasteiger partial charge in [0.2, 0.25) is 0 Å². The number of terminal acetylenes is 1. The van der Waals surface area contributed by atoms with Gasteiger partial charge in [-0.1, -0.05) is 19.6 Å². The van der Waals surface area contributed by atoms with E-state index >= 15 is 0 Å². The maximum atomic E-state index is 5.12. The number of unbranched alkanes of at least 4 members (excludes halogenated alkanes) is 3. The van der Waals surface area contributed by atoms with Crippen LogP contribution in [0.1, 0.15) is 59.3 Å². The monoisotopic (exact) mass is 389 g/mol. The molecule has 0 spiro atoms. The molecule has 0 rings (SSSR count). The van der Waals surface area contributed by atoms with E-state index in [2.05, 4.69) is 46.0 Å². The average molecular weight is 388 g/mol. The molecule has 0 saturated carbocycles. The van der Waals surface area contributed by atoms with Crippen molar-refractivity contribution in [1.82, 2.24) is 0 Å². The quantitative estimate of drug-likeness (QED) is 0.318. The Morgan fingerprint density at radius 2 is 1.05 bits per heavy atom. The summed E-state index contributed by atoms with van der Waals surface area (Å²) in [5.41, 5.74) is 2.74. The van der Waals surface area contributed by atoms with Crippen LogP contribution in [0.4, 0.5) is 0 Å². The Hall–Kier alpha value is 0.576. The van der Waals surface area contributed by atoms with Gasteiger partial charge in [-0.15, -0.1) is 12.0 Å². The van der Waals surface area contributed by atoms with Crippen LogP contribution in [0.15, 0.2) is 0 Å². The normalized spacial score (nSPS) is 10.8. The molecule has 0 aliphatic carbocycles. The minimum absolute atomic E-state index is 0.839. The van der Waals surface area contributed by atoms with Gasteiger partial charge in [-0.05, 0) is 0 Å². The first-order valence-electron chi connectivity index (χ1n) is 8.22. The SMILES string of the molecule is C#C[Si](C)(C)C.CCC[CH2][Sn]([CH2]CCC)[CH2]CCC. The fourth-order valence-corrected chi connectivity index (χ4v) is 11.1. The molecule has 0 aliphatic heterocycles. The van der Waals surface area contributed by atoms with E-state index in [-0.39, 0.29) is 0 Å². The first kappa shape index (κ1) is 21.9. The second-order valence-corrected chi connectivity index (χ2v) is 19.8. The van der Waals surface area contributed by atoms with E-state index in [1.54, 1.807) is 13.3 Å². The molecule has 0 amide bonds. The molecule has 2 heteroatoms. The summed E-state index contributed by atoms with van der Waals surface area (Å²) in [5, 5.41) is 0. The van der Waals surface area contributed by atoms with E-state index in [9.17, 15) is 0 Å². The first-order valence-corrected chi connectivity index (χ1v) is 17.8. The van der Waals surface area contributed by atoms with Crippen LogP contribution in [-0.4, -0.2) is 27.8 Å². The van der Waals surface area contributed by atoms with Crippen molar-refractivity contribution >= 4 is 27.8 Å². The van der Waals surface area contributed by atoms with E-state index in [4.69, 9.17) is 6.42 Å². The zero-order chi connectivity index (χ0) is 15.1. The Balaban J connectivity index is 0. The van der Waals surface area contributed by atoms with Gasteiger partial charge in [0.15, 0.2) is 0 Å². The molecule has 0 bridgehead atoms. The molecule has 0 saturated heterocycles. The third kappa shape index (κ3) is 21.0. The van der Waals surface area contributed by atoms with Gasteiger partial charge in [-0.2, -0.15) is 0 Å². The molecule has 0 heterocycles. The first-order chi connectivity index (χ1) is 8.91. The molecule has 19 heavy (non-hydrogen) atoms. The second-order valence-electron chi connectivity index (χ2n) is 6.45. The van der Waals surface area contributed by atoms with Crippen molar-refractivity contribution in [3.63, 3.8) is 0 Å². The summed E-state index contributed by atoms with van der Waals surface area (Å²) in [7, 11) is -1.10. The summed E-state index contributed by atoms with van der Waals surface area (Å²) in [4.78, 5) is 0. The van der Waals surface area contributed by atoms with Crippen LogP contribution in [0.5, 0.6) is 0 Å². The summed E-state index contributed by atoms with van der Waals surface area (Å²) >= 11 is -0.839. The van der Waals surface area contributed by atoms with E-state index in [0.29, 0.717) is 0 Å². The molecular weight excluding hydrogens is 351 g/mol. The van der Waals surface area contributed by atoms with E-state index in [1.807, 2.05) is 0 Å². The van der Waals surface area contributed by atoms with Gasteiger partial charge >= 0.3 is 92.4 Å². The predicted octanol–water partition coefficient (Wildman–Crippen LogP) is 6.38. The van der Waals surface area contributed by atoms with Crippen molar-refractivity contribution < 1.29 is 0 Å². The predicted molar refractivity (Wildman–Crippen MR) is 97.1 cm³/mol. The Morgan fingerprint density at radius 3 is 1.21 bits per heavy atom. The van der Waals surface area contributed by atoms with Crippen molar-refractivity contribution in [3.05, 3.63) is 0 Å². The van der Waals surface area contributed by atoms with Crippen molar-refractivity contribution in [2.24, 2.45) is 0 Å². The molecule has 0 N–H and O–H groups in total. The van der Waals surface area contributed by atoms with Crippen molar-refractivity contribution in [1.29, 1.82) is 0 Å².